The van der Waals surface area contributed by atoms with E-state index in [9.17, 15) is 0 Å². The first-order valence-electron chi connectivity index (χ1n) is 5.66. The first-order chi connectivity index (χ1) is 7.66. The largest absolute Gasteiger partial charge is 0.380 e. The van der Waals surface area contributed by atoms with E-state index in [1.54, 1.807) is 6.20 Å². The van der Waals surface area contributed by atoms with E-state index in [2.05, 4.69) is 9.88 Å². The van der Waals surface area contributed by atoms with Crippen molar-refractivity contribution in [1.29, 1.82) is 0 Å². The Morgan fingerprint density at radius 1 is 1.56 bits per heavy atom. The molecule has 1 aromatic heterocycles. The molecule has 0 saturated heterocycles. The van der Waals surface area contributed by atoms with Crippen LogP contribution < -0.4 is 10.6 Å². The Hall–Kier alpha value is -1.13. The van der Waals surface area contributed by atoms with Crippen LogP contribution in [-0.4, -0.2) is 31.8 Å². The summed E-state index contributed by atoms with van der Waals surface area (Å²) >= 11 is 0. The normalized spacial score (nSPS) is 12.5. The van der Waals surface area contributed by atoms with Crippen LogP contribution in [0, 0.1) is 0 Å². The number of hydrogen-bond acceptors (Lipinski definition) is 4. The molecule has 0 aliphatic carbocycles. The maximum atomic E-state index is 5.91. The molecule has 0 aromatic carbocycles. The standard InChI is InChI=1S/C12H21N3O/c1-4-16-9-8-15(3)12-11(10(2)13)6-5-7-14-12/h5-7,10H,4,8-9,13H2,1-3H3. The molecule has 1 atom stereocenters. The molecule has 16 heavy (non-hydrogen) atoms. The Balaban J connectivity index is 2.70. The molecule has 0 aliphatic heterocycles. The molecule has 0 spiro atoms. The molecule has 1 rings (SSSR count). The number of nitrogens with two attached hydrogens (primary N) is 1. The second-order valence-corrected chi connectivity index (χ2v) is 3.82. The smallest absolute Gasteiger partial charge is 0.133 e. The van der Waals surface area contributed by atoms with Crippen molar-refractivity contribution < 1.29 is 4.74 Å². The predicted octanol–water partition coefficient (Wildman–Crippen LogP) is 1.57. The molecule has 0 amide bonds. The van der Waals surface area contributed by atoms with Crippen molar-refractivity contribution in [1.82, 2.24) is 4.98 Å². The monoisotopic (exact) mass is 223 g/mol. The molecule has 0 aliphatic rings. The number of ether oxygens (including phenoxy) is 1. The topological polar surface area (TPSA) is 51.4 Å². The van der Waals surface area contributed by atoms with Gasteiger partial charge < -0.3 is 15.4 Å². The molecule has 1 aromatic rings. The number of rotatable bonds is 6. The van der Waals surface area contributed by atoms with Gasteiger partial charge in [0.15, 0.2) is 0 Å². The Morgan fingerprint density at radius 2 is 2.31 bits per heavy atom. The number of aromatic nitrogens is 1. The summed E-state index contributed by atoms with van der Waals surface area (Å²) in [6, 6.07) is 3.93. The van der Waals surface area contributed by atoms with Crippen molar-refractivity contribution >= 4 is 5.82 Å². The van der Waals surface area contributed by atoms with Gasteiger partial charge in [0.2, 0.25) is 0 Å². The lowest BCUT2D eigenvalue weighted by Gasteiger charge is -2.22. The Labute approximate surface area is 97.4 Å². The van der Waals surface area contributed by atoms with Gasteiger partial charge in [-0.2, -0.15) is 0 Å². The summed E-state index contributed by atoms with van der Waals surface area (Å²) in [5.74, 6) is 0.942. The molecule has 2 N–H and O–H groups in total. The zero-order valence-electron chi connectivity index (χ0n) is 10.3. The van der Waals surface area contributed by atoms with Crippen LogP contribution in [0.3, 0.4) is 0 Å². The Kier molecular flexibility index (Phi) is 5.22. The van der Waals surface area contributed by atoms with Crippen molar-refractivity contribution in [2.24, 2.45) is 5.73 Å². The van der Waals surface area contributed by atoms with Gasteiger partial charge in [-0.1, -0.05) is 6.07 Å². The van der Waals surface area contributed by atoms with Crippen molar-refractivity contribution in [3.63, 3.8) is 0 Å². The fourth-order valence-electron chi connectivity index (χ4n) is 1.54. The number of pyridine rings is 1. The molecular weight excluding hydrogens is 202 g/mol. The SMILES string of the molecule is CCOCCN(C)c1ncccc1C(C)N. The van der Waals surface area contributed by atoms with Gasteiger partial charge in [0.05, 0.1) is 6.61 Å². The lowest BCUT2D eigenvalue weighted by molar-refractivity contribution is 0.154. The van der Waals surface area contributed by atoms with E-state index in [1.807, 2.05) is 33.0 Å². The summed E-state index contributed by atoms with van der Waals surface area (Å²) < 4.78 is 5.33. The van der Waals surface area contributed by atoms with Gasteiger partial charge in [0, 0.05) is 38.0 Å². The number of nitrogens with zero attached hydrogens (tertiary/aromatic N) is 2. The predicted molar refractivity (Wildman–Crippen MR) is 66.6 cm³/mol. The van der Waals surface area contributed by atoms with Gasteiger partial charge in [-0.3, -0.25) is 0 Å². The van der Waals surface area contributed by atoms with Gasteiger partial charge in [-0.05, 0) is 19.9 Å². The molecule has 0 radical (unpaired) electrons. The summed E-state index contributed by atoms with van der Waals surface area (Å²) in [5.41, 5.74) is 6.98. The van der Waals surface area contributed by atoms with Gasteiger partial charge >= 0.3 is 0 Å². The lowest BCUT2D eigenvalue weighted by atomic mass is 10.1. The van der Waals surface area contributed by atoms with Crippen LogP contribution in [0.25, 0.3) is 0 Å². The van der Waals surface area contributed by atoms with E-state index >= 15 is 0 Å². The van der Waals surface area contributed by atoms with Crippen LogP contribution in [-0.2, 0) is 4.74 Å². The highest BCUT2D eigenvalue weighted by Crippen LogP contribution is 2.20. The van der Waals surface area contributed by atoms with Crippen molar-refractivity contribution in [2.45, 2.75) is 19.9 Å². The maximum Gasteiger partial charge on any atom is 0.133 e. The van der Waals surface area contributed by atoms with E-state index in [1.165, 1.54) is 0 Å². The van der Waals surface area contributed by atoms with Crippen LogP contribution in [0.15, 0.2) is 18.3 Å². The lowest BCUT2D eigenvalue weighted by Crippen LogP contribution is -2.25. The zero-order valence-corrected chi connectivity index (χ0v) is 10.3. The molecule has 0 fully saturated rings. The summed E-state index contributed by atoms with van der Waals surface area (Å²) in [5, 5.41) is 0. The highest BCUT2D eigenvalue weighted by Gasteiger charge is 2.11. The van der Waals surface area contributed by atoms with Gasteiger partial charge in [-0.15, -0.1) is 0 Å². The molecule has 1 heterocycles. The Morgan fingerprint density at radius 3 is 2.94 bits per heavy atom. The molecule has 90 valence electrons. The van der Waals surface area contributed by atoms with Crippen LogP contribution >= 0.6 is 0 Å². The molecular formula is C12H21N3O. The number of hydrogen-bond donors (Lipinski definition) is 1. The fraction of sp³-hybridized carbons (Fsp3) is 0.583. The molecule has 4 nitrogen and oxygen atoms in total. The molecule has 0 saturated carbocycles. The van der Waals surface area contributed by atoms with E-state index in [0.29, 0.717) is 6.61 Å². The second-order valence-electron chi connectivity index (χ2n) is 3.82. The minimum atomic E-state index is -0.00163. The summed E-state index contributed by atoms with van der Waals surface area (Å²) in [6.07, 6.45) is 1.79. The van der Waals surface area contributed by atoms with Gasteiger partial charge in [0.1, 0.15) is 5.82 Å². The number of anilines is 1. The van der Waals surface area contributed by atoms with Crippen LogP contribution in [0.4, 0.5) is 5.82 Å². The van der Waals surface area contributed by atoms with E-state index in [4.69, 9.17) is 10.5 Å². The third-order valence-electron chi connectivity index (χ3n) is 2.44. The first-order valence-corrected chi connectivity index (χ1v) is 5.66. The van der Waals surface area contributed by atoms with Gasteiger partial charge in [0.25, 0.3) is 0 Å². The summed E-state index contributed by atoms with van der Waals surface area (Å²) in [7, 11) is 2.01. The first kappa shape index (κ1) is 12.9. The highest BCUT2D eigenvalue weighted by atomic mass is 16.5. The summed E-state index contributed by atoms with van der Waals surface area (Å²) in [6.45, 7) is 6.24. The van der Waals surface area contributed by atoms with E-state index < -0.39 is 0 Å². The molecule has 4 heteroatoms. The summed E-state index contributed by atoms with van der Waals surface area (Å²) in [4.78, 5) is 6.45. The second kappa shape index (κ2) is 6.45. The van der Waals surface area contributed by atoms with Crippen LogP contribution in [0.5, 0.6) is 0 Å². The molecule has 1 unspecified atom stereocenters. The number of likely N-dealkylation sites (N-methyl/N-ethyl adjacent to an activating group) is 1. The maximum absolute atomic E-state index is 5.91. The fourth-order valence-corrected chi connectivity index (χ4v) is 1.54. The van der Waals surface area contributed by atoms with Crippen LogP contribution in [0.2, 0.25) is 0 Å². The average Bonchev–Trinajstić information content (AvgIpc) is 2.29. The molecule has 0 bridgehead atoms. The van der Waals surface area contributed by atoms with Crippen molar-refractivity contribution in [3.05, 3.63) is 23.9 Å². The third kappa shape index (κ3) is 3.47. The average molecular weight is 223 g/mol. The van der Waals surface area contributed by atoms with Crippen molar-refractivity contribution in [3.8, 4) is 0 Å². The minimum absolute atomic E-state index is 0.00163. The zero-order chi connectivity index (χ0) is 12.0. The van der Waals surface area contributed by atoms with Crippen molar-refractivity contribution in [2.75, 3.05) is 31.7 Å². The Bertz CT molecular complexity index is 315. The van der Waals surface area contributed by atoms with E-state index in [0.717, 1.165) is 24.5 Å². The minimum Gasteiger partial charge on any atom is -0.380 e. The van der Waals surface area contributed by atoms with Gasteiger partial charge in [-0.25, -0.2) is 4.98 Å². The van der Waals surface area contributed by atoms with E-state index in [-0.39, 0.29) is 6.04 Å². The third-order valence-corrected chi connectivity index (χ3v) is 2.44. The van der Waals surface area contributed by atoms with Crippen LogP contribution in [0.1, 0.15) is 25.5 Å². The quantitative estimate of drug-likeness (QED) is 0.744. The highest BCUT2D eigenvalue weighted by molar-refractivity contribution is 5.47.